The van der Waals surface area contributed by atoms with Gasteiger partial charge in [0, 0.05) is 11.2 Å². The van der Waals surface area contributed by atoms with Gasteiger partial charge in [0.2, 0.25) is 0 Å². The third-order valence-electron chi connectivity index (χ3n) is 2.13. The number of nitrogens with one attached hydrogen (secondary N) is 1. The van der Waals surface area contributed by atoms with Crippen molar-refractivity contribution in [3.63, 3.8) is 0 Å². The van der Waals surface area contributed by atoms with Crippen LogP contribution < -0.4 is 5.69 Å². The summed E-state index contributed by atoms with van der Waals surface area (Å²) < 4.78 is 0. The summed E-state index contributed by atoms with van der Waals surface area (Å²) in [4.78, 5) is 17.4. The summed E-state index contributed by atoms with van der Waals surface area (Å²) in [5, 5.41) is 0.674. The van der Waals surface area contributed by atoms with Crippen molar-refractivity contribution < 1.29 is 0 Å². The Kier molecular flexibility index (Phi) is 2.56. The van der Waals surface area contributed by atoms with Crippen LogP contribution in [0.4, 0.5) is 0 Å². The molecule has 2 rings (SSSR count). The number of aromatic amines is 1. The number of aromatic nitrogens is 2. The normalized spacial score (nSPS) is 10.3. The smallest absolute Gasteiger partial charge is 0.305 e. The van der Waals surface area contributed by atoms with Crippen LogP contribution in [0.5, 0.6) is 0 Å². The van der Waals surface area contributed by atoms with Gasteiger partial charge in [-0.15, -0.1) is 0 Å². The third-order valence-corrected chi connectivity index (χ3v) is 2.39. The molecule has 1 heterocycles. The lowest BCUT2D eigenvalue weighted by atomic mass is 10.1. The highest BCUT2D eigenvalue weighted by Gasteiger charge is 2.02. The van der Waals surface area contributed by atoms with E-state index < -0.39 is 0 Å². The van der Waals surface area contributed by atoms with Crippen molar-refractivity contribution in [3.05, 3.63) is 51.5 Å². The molecule has 2 aromatic rings. The van der Waals surface area contributed by atoms with Crippen LogP contribution in [0.1, 0.15) is 5.56 Å². The molecule has 0 saturated carbocycles. The summed E-state index contributed by atoms with van der Waals surface area (Å²) in [6.07, 6.45) is 1.56. The molecule has 0 aliphatic rings. The second kappa shape index (κ2) is 3.87. The average Bonchev–Trinajstić information content (AvgIpc) is 2.23. The zero-order valence-corrected chi connectivity index (χ0v) is 8.88. The van der Waals surface area contributed by atoms with Gasteiger partial charge < -0.3 is 4.98 Å². The number of aryl methyl sites for hydroxylation is 1. The number of benzene rings is 1. The molecule has 1 N–H and O–H groups in total. The van der Waals surface area contributed by atoms with E-state index in [4.69, 9.17) is 11.6 Å². The number of halogens is 1. The van der Waals surface area contributed by atoms with Crippen molar-refractivity contribution in [2.45, 2.75) is 6.92 Å². The zero-order chi connectivity index (χ0) is 10.8. The standard InChI is InChI=1S/C11H9ClN2O/c1-7-6-13-11(15)14-10(7)8-2-4-9(12)5-3-8/h2-6H,1H3,(H,13,14,15). The van der Waals surface area contributed by atoms with Gasteiger partial charge in [-0.3, -0.25) is 0 Å². The summed E-state index contributed by atoms with van der Waals surface area (Å²) in [5.41, 5.74) is 2.30. The van der Waals surface area contributed by atoms with E-state index in [0.717, 1.165) is 16.8 Å². The Hall–Kier alpha value is -1.61. The van der Waals surface area contributed by atoms with E-state index in [1.165, 1.54) is 0 Å². The minimum absolute atomic E-state index is 0.342. The van der Waals surface area contributed by atoms with Gasteiger partial charge in [-0.25, -0.2) is 9.78 Å². The second-order valence-corrected chi connectivity index (χ2v) is 3.69. The Morgan fingerprint density at radius 1 is 1.27 bits per heavy atom. The molecule has 4 heteroatoms. The van der Waals surface area contributed by atoms with Crippen molar-refractivity contribution >= 4 is 11.6 Å². The molecule has 0 fully saturated rings. The lowest BCUT2D eigenvalue weighted by molar-refractivity contribution is 1.06. The van der Waals surface area contributed by atoms with E-state index in [1.54, 1.807) is 18.3 Å². The van der Waals surface area contributed by atoms with E-state index in [-0.39, 0.29) is 5.69 Å². The van der Waals surface area contributed by atoms with Gasteiger partial charge in [-0.1, -0.05) is 23.7 Å². The molecule has 15 heavy (non-hydrogen) atoms. The quantitative estimate of drug-likeness (QED) is 0.802. The summed E-state index contributed by atoms with van der Waals surface area (Å²) in [6, 6.07) is 7.30. The lowest BCUT2D eigenvalue weighted by Gasteiger charge is -2.04. The maximum atomic E-state index is 11.1. The second-order valence-electron chi connectivity index (χ2n) is 3.25. The molecule has 76 valence electrons. The van der Waals surface area contributed by atoms with E-state index in [9.17, 15) is 4.79 Å². The van der Waals surface area contributed by atoms with Crippen molar-refractivity contribution in [1.82, 2.24) is 9.97 Å². The Balaban J connectivity index is 2.58. The summed E-state index contributed by atoms with van der Waals surface area (Å²) in [7, 11) is 0. The van der Waals surface area contributed by atoms with Gasteiger partial charge in [0.25, 0.3) is 0 Å². The van der Waals surface area contributed by atoms with Crippen LogP contribution in [-0.4, -0.2) is 9.97 Å². The van der Waals surface area contributed by atoms with Gasteiger partial charge >= 0.3 is 5.69 Å². The molecule has 0 aliphatic carbocycles. The van der Waals surface area contributed by atoms with Crippen LogP contribution in [0.25, 0.3) is 11.3 Å². The molecule has 0 spiro atoms. The molecule has 0 unspecified atom stereocenters. The highest BCUT2D eigenvalue weighted by molar-refractivity contribution is 6.30. The molecule has 0 radical (unpaired) electrons. The van der Waals surface area contributed by atoms with Crippen LogP contribution in [0.3, 0.4) is 0 Å². The van der Waals surface area contributed by atoms with Crippen molar-refractivity contribution in [1.29, 1.82) is 0 Å². The fourth-order valence-electron chi connectivity index (χ4n) is 1.37. The number of rotatable bonds is 1. The average molecular weight is 221 g/mol. The fourth-order valence-corrected chi connectivity index (χ4v) is 1.50. The molecule has 3 nitrogen and oxygen atoms in total. The van der Waals surface area contributed by atoms with Gasteiger partial charge in [0.1, 0.15) is 0 Å². The van der Waals surface area contributed by atoms with E-state index >= 15 is 0 Å². The van der Waals surface area contributed by atoms with Crippen LogP contribution in [0, 0.1) is 6.92 Å². The Labute approximate surface area is 91.8 Å². The molecule has 0 amide bonds. The summed E-state index contributed by atoms with van der Waals surface area (Å²) in [6.45, 7) is 1.90. The fraction of sp³-hybridized carbons (Fsp3) is 0.0909. The first-order valence-corrected chi connectivity index (χ1v) is 4.86. The maximum Gasteiger partial charge on any atom is 0.345 e. The zero-order valence-electron chi connectivity index (χ0n) is 8.12. The number of hydrogen-bond acceptors (Lipinski definition) is 2. The predicted octanol–water partition coefficient (Wildman–Crippen LogP) is 2.40. The Morgan fingerprint density at radius 3 is 2.60 bits per heavy atom. The highest BCUT2D eigenvalue weighted by atomic mass is 35.5. The van der Waals surface area contributed by atoms with Gasteiger partial charge in [0.15, 0.2) is 0 Å². The predicted molar refractivity (Wildman–Crippen MR) is 60.0 cm³/mol. The SMILES string of the molecule is Cc1cnc(=O)[nH]c1-c1ccc(Cl)cc1. The summed E-state index contributed by atoms with van der Waals surface area (Å²) >= 11 is 5.79. The monoisotopic (exact) mass is 220 g/mol. The first kappa shape index (κ1) is 9.93. The highest BCUT2D eigenvalue weighted by Crippen LogP contribution is 2.20. The van der Waals surface area contributed by atoms with Crippen LogP contribution in [0.2, 0.25) is 5.02 Å². The van der Waals surface area contributed by atoms with Crippen LogP contribution in [-0.2, 0) is 0 Å². The largest absolute Gasteiger partial charge is 0.345 e. The van der Waals surface area contributed by atoms with Crippen molar-refractivity contribution in [3.8, 4) is 11.3 Å². The molecular formula is C11H9ClN2O. The Bertz CT molecular complexity index is 531. The first-order chi connectivity index (χ1) is 7.16. The molecule has 0 saturated heterocycles. The van der Waals surface area contributed by atoms with Crippen molar-refractivity contribution in [2.75, 3.05) is 0 Å². The maximum absolute atomic E-state index is 11.1. The van der Waals surface area contributed by atoms with E-state index in [1.807, 2.05) is 19.1 Å². The van der Waals surface area contributed by atoms with Gasteiger partial charge in [-0.2, -0.15) is 0 Å². The number of hydrogen-bond donors (Lipinski definition) is 1. The van der Waals surface area contributed by atoms with Crippen LogP contribution >= 0.6 is 11.6 Å². The first-order valence-electron chi connectivity index (χ1n) is 4.48. The molecule has 0 aliphatic heterocycles. The molecule has 1 aromatic carbocycles. The van der Waals surface area contributed by atoms with Crippen molar-refractivity contribution in [2.24, 2.45) is 0 Å². The minimum Gasteiger partial charge on any atom is -0.305 e. The third kappa shape index (κ3) is 2.07. The number of nitrogens with zero attached hydrogens (tertiary/aromatic N) is 1. The number of H-pyrrole nitrogens is 1. The van der Waals surface area contributed by atoms with Gasteiger partial charge in [0.05, 0.1) is 5.69 Å². The lowest BCUT2D eigenvalue weighted by Crippen LogP contribution is -2.11. The van der Waals surface area contributed by atoms with E-state index in [2.05, 4.69) is 9.97 Å². The van der Waals surface area contributed by atoms with Crippen LogP contribution in [0.15, 0.2) is 35.3 Å². The topological polar surface area (TPSA) is 45.8 Å². The van der Waals surface area contributed by atoms with E-state index in [0.29, 0.717) is 5.02 Å². The molecule has 0 atom stereocenters. The Morgan fingerprint density at radius 2 is 1.93 bits per heavy atom. The molecular weight excluding hydrogens is 212 g/mol. The summed E-state index contributed by atoms with van der Waals surface area (Å²) in [5.74, 6) is 0. The van der Waals surface area contributed by atoms with Gasteiger partial charge in [-0.05, 0) is 30.2 Å². The minimum atomic E-state index is -0.342. The molecule has 0 bridgehead atoms. The molecule has 1 aromatic heterocycles.